The Labute approximate surface area is 39.9 Å². The molecule has 0 unspecified atom stereocenters. The van der Waals surface area contributed by atoms with Crippen molar-refractivity contribution in [3.8, 4) is 0 Å². The maximum Gasteiger partial charge on any atom is 0.405 e. The van der Waals surface area contributed by atoms with Crippen LogP contribution in [0.15, 0.2) is 0 Å². The highest BCUT2D eigenvalue weighted by Crippen LogP contribution is 1.72. The molecule has 0 aromatic carbocycles. The summed E-state index contributed by atoms with van der Waals surface area (Å²) in [5, 5.41) is 9.45. The molecule has 0 aromatic heterocycles. The van der Waals surface area contributed by atoms with Crippen LogP contribution in [0, 0.1) is 6.00 Å². The minimum absolute atomic E-state index is 0.822. The van der Waals surface area contributed by atoms with Crippen LogP contribution in [-0.4, -0.2) is 11.2 Å². The van der Waals surface area contributed by atoms with Gasteiger partial charge < -0.3 is 10.4 Å². The van der Waals surface area contributed by atoms with Gasteiger partial charge in [-0.2, -0.15) is 0 Å². The minimum Gasteiger partial charge on any atom is -0.465 e. The van der Waals surface area contributed by atoms with Crippen LogP contribution in [0.3, 0.4) is 0 Å². The van der Waals surface area contributed by atoms with E-state index in [-0.39, 0.29) is 0 Å². The second-order valence-electron chi connectivity index (χ2n) is 0.559. The van der Waals surface area contributed by atoms with E-state index in [9.17, 15) is 4.79 Å². The van der Waals surface area contributed by atoms with Crippen molar-refractivity contribution in [3.05, 3.63) is 6.00 Å². The molecule has 0 aliphatic heterocycles. The molecule has 0 aromatic rings. The molecule has 0 fully saturated rings. The van der Waals surface area contributed by atoms with Crippen LogP contribution in [0.5, 0.6) is 0 Å². The van der Waals surface area contributed by atoms with E-state index in [1.54, 1.807) is 5.32 Å². The highest BCUT2D eigenvalue weighted by molar-refractivity contribution is 6.23. The molecular weight excluding hydrogens is 105 g/mol. The Morgan fingerprint density at radius 1 is 2.00 bits per heavy atom. The molecule has 6 heavy (non-hydrogen) atoms. The van der Waals surface area contributed by atoms with Crippen molar-refractivity contribution in [2.75, 3.05) is 0 Å². The zero-order chi connectivity index (χ0) is 4.99. The quantitative estimate of drug-likeness (QED) is 0.484. The van der Waals surface area contributed by atoms with Crippen molar-refractivity contribution in [1.82, 2.24) is 5.32 Å². The first-order valence-electron chi connectivity index (χ1n) is 1.18. The summed E-state index contributed by atoms with van der Waals surface area (Å²) in [5.74, 6) is 0. The lowest BCUT2D eigenvalue weighted by Gasteiger charge is -1.84. The predicted octanol–water partition coefficient (Wildman–Crippen LogP) is 0.612. The Balaban J connectivity index is 2.83. The van der Waals surface area contributed by atoms with Gasteiger partial charge in [0.25, 0.3) is 0 Å². The largest absolute Gasteiger partial charge is 0.465 e. The number of carboxylic acid groups (broad SMARTS) is 1. The standard InChI is InChI=1S/C2H3ClNO2/c3-1-4-2(5)6/h1,4H,(H,5,6). The molecule has 1 radical (unpaired) electrons. The SMILES string of the molecule is O=C(O)N[CH]Cl. The van der Waals surface area contributed by atoms with Gasteiger partial charge in [0, 0.05) is 0 Å². The summed E-state index contributed by atoms with van der Waals surface area (Å²) in [5.41, 5.74) is 0. The topological polar surface area (TPSA) is 49.3 Å². The Bertz CT molecular complexity index is 55.5. The van der Waals surface area contributed by atoms with Crippen molar-refractivity contribution in [1.29, 1.82) is 0 Å². The van der Waals surface area contributed by atoms with Crippen LogP contribution in [0.4, 0.5) is 4.79 Å². The molecular formula is C2H3ClNO2. The maximum absolute atomic E-state index is 9.37. The van der Waals surface area contributed by atoms with E-state index in [0.29, 0.717) is 0 Å². The molecule has 4 heteroatoms. The normalized spacial score (nSPS) is 7.50. The number of carbonyl (C=O) groups is 1. The summed E-state index contributed by atoms with van der Waals surface area (Å²) in [6.07, 6.45) is -1.15. The first-order chi connectivity index (χ1) is 2.77. The molecule has 2 N–H and O–H groups in total. The summed E-state index contributed by atoms with van der Waals surface area (Å²) in [6.45, 7) is 0. The summed E-state index contributed by atoms with van der Waals surface area (Å²) < 4.78 is 0. The number of amides is 1. The zero-order valence-corrected chi connectivity index (χ0v) is 3.57. The average molecular weight is 109 g/mol. The van der Waals surface area contributed by atoms with Crippen LogP contribution < -0.4 is 5.32 Å². The molecule has 0 atom stereocenters. The third kappa shape index (κ3) is 3.56. The molecule has 0 aliphatic rings. The molecule has 3 nitrogen and oxygen atoms in total. The fourth-order valence-corrected chi connectivity index (χ4v) is 0.140. The highest BCUT2D eigenvalue weighted by atomic mass is 35.5. The van der Waals surface area contributed by atoms with Crippen molar-refractivity contribution in [2.45, 2.75) is 0 Å². The fourth-order valence-electron chi connectivity index (χ4n) is 0.0467. The van der Waals surface area contributed by atoms with Gasteiger partial charge in [-0.15, -0.1) is 0 Å². The van der Waals surface area contributed by atoms with Gasteiger partial charge in [0.05, 0.1) is 0 Å². The van der Waals surface area contributed by atoms with E-state index in [1.807, 2.05) is 0 Å². The third-order valence-corrected chi connectivity index (χ3v) is 0.287. The number of hydrogen-bond donors (Lipinski definition) is 2. The lowest BCUT2D eigenvalue weighted by Crippen LogP contribution is -2.13. The molecule has 0 bridgehead atoms. The molecule has 0 spiro atoms. The van der Waals surface area contributed by atoms with Crippen LogP contribution in [0.2, 0.25) is 0 Å². The monoisotopic (exact) mass is 108 g/mol. The lowest BCUT2D eigenvalue weighted by molar-refractivity contribution is 0.198. The molecule has 1 amide bonds. The number of nitrogens with one attached hydrogen (secondary N) is 1. The predicted molar refractivity (Wildman–Crippen MR) is 21.3 cm³/mol. The van der Waals surface area contributed by atoms with E-state index in [4.69, 9.17) is 16.7 Å². The summed E-state index contributed by atoms with van der Waals surface area (Å²) in [4.78, 5) is 9.37. The van der Waals surface area contributed by atoms with E-state index in [1.165, 1.54) is 0 Å². The molecule has 0 saturated heterocycles. The number of halogens is 1. The van der Waals surface area contributed by atoms with Crippen LogP contribution in [-0.2, 0) is 0 Å². The molecule has 0 heterocycles. The van der Waals surface area contributed by atoms with Gasteiger partial charge in [-0.05, 0) is 0 Å². The molecule has 0 saturated carbocycles. The van der Waals surface area contributed by atoms with Gasteiger partial charge in [-0.1, -0.05) is 11.6 Å². The summed E-state index contributed by atoms with van der Waals surface area (Å²) in [6, 6.07) is 0.822. The Hall–Kier alpha value is -0.440. The zero-order valence-electron chi connectivity index (χ0n) is 2.81. The second kappa shape index (κ2) is 2.78. The van der Waals surface area contributed by atoms with Crippen LogP contribution in [0.1, 0.15) is 0 Å². The van der Waals surface area contributed by atoms with E-state index in [2.05, 4.69) is 0 Å². The van der Waals surface area contributed by atoms with Crippen molar-refractivity contribution < 1.29 is 9.90 Å². The molecule has 35 valence electrons. The Morgan fingerprint density at radius 3 is 2.50 bits per heavy atom. The average Bonchev–Trinajstić information content (AvgIpc) is 1.35. The summed E-state index contributed by atoms with van der Waals surface area (Å²) in [7, 11) is 0. The number of hydrogen-bond acceptors (Lipinski definition) is 1. The van der Waals surface area contributed by atoms with E-state index >= 15 is 0 Å². The van der Waals surface area contributed by atoms with Crippen molar-refractivity contribution in [2.24, 2.45) is 0 Å². The third-order valence-electron chi connectivity index (χ3n) is 0.178. The Kier molecular flexibility index (Phi) is 2.58. The van der Waals surface area contributed by atoms with Gasteiger partial charge in [-0.25, -0.2) is 4.79 Å². The minimum atomic E-state index is -1.15. The van der Waals surface area contributed by atoms with Crippen LogP contribution >= 0.6 is 11.6 Å². The van der Waals surface area contributed by atoms with Gasteiger partial charge in [0.2, 0.25) is 0 Å². The highest BCUT2D eigenvalue weighted by Gasteiger charge is 1.85. The molecule has 0 rings (SSSR count). The Morgan fingerprint density at radius 2 is 2.50 bits per heavy atom. The van der Waals surface area contributed by atoms with Gasteiger partial charge in [0.1, 0.15) is 6.00 Å². The fraction of sp³-hybridized carbons (Fsp3) is 0. The first kappa shape index (κ1) is 5.56. The lowest BCUT2D eigenvalue weighted by atomic mass is 11.1. The van der Waals surface area contributed by atoms with Gasteiger partial charge in [0.15, 0.2) is 0 Å². The summed E-state index contributed by atoms with van der Waals surface area (Å²) >= 11 is 4.78. The van der Waals surface area contributed by atoms with Crippen LogP contribution in [0.25, 0.3) is 0 Å². The maximum atomic E-state index is 9.37. The van der Waals surface area contributed by atoms with E-state index in [0.717, 1.165) is 6.00 Å². The van der Waals surface area contributed by atoms with Crippen molar-refractivity contribution >= 4 is 17.7 Å². The smallest absolute Gasteiger partial charge is 0.405 e. The van der Waals surface area contributed by atoms with Crippen molar-refractivity contribution in [3.63, 3.8) is 0 Å². The number of rotatable bonds is 1. The second-order valence-corrected chi connectivity index (χ2v) is 0.777. The first-order valence-corrected chi connectivity index (χ1v) is 1.62. The van der Waals surface area contributed by atoms with E-state index < -0.39 is 6.09 Å². The van der Waals surface area contributed by atoms with Gasteiger partial charge in [-0.3, -0.25) is 0 Å². The molecule has 0 aliphatic carbocycles. The van der Waals surface area contributed by atoms with Gasteiger partial charge >= 0.3 is 6.09 Å².